The number of halogens is 1. The maximum Gasteiger partial charge on any atom is 0.292 e. The van der Waals surface area contributed by atoms with Crippen molar-refractivity contribution in [3.8, 4) is 0 Å². The van der Waals surface area contributed by atoms with E-state index in [1.54, 1.807) is 7.05 Å². The van der Waals surface area contributed by atoms with Crippen molar-refractivity contribution in [1.29, 1.82) is 0 Å². The number of likely N-dealkylation sites (N-methyl/N-ethyl adjacent to an activating group) is 1. The SMILES string of the molecule is CN(CCO)c1cc(F)ccc1[N+](=O)[O-]. The summed E-state index contributed by atoms with van der Waals surface area (Å²) in [5, 5.41) is 19.3. The maximum absolute atomic E-state index is 12.9. The predicted octanol–water partition coefficient (Wildman–Crippen LogP) is 1.16. The molecule has 0 fully saturated rings. The standard InChI is InChI=1S/C9H11FN2O3/c1-11(4-5-13)9-6-7(10)2-3-8(9)12(14)15/h2-3,6,13H,4-5H2,1H3. The molecule has 0 saturated heterocycles. The van der Waals surface area contributed by atoms with Crippen LogP contribution >= 0.6 is 0 Å². The second-order valence-corrected chi connectivity index (χ2v) is 3.04. The largest absolute Gasteiger partial charge is 0.395 e. The van der Waals surface area contributed by atoms with Gasteiger partial charge in [0, 0.05) is 25.7 Å². The van der Waals surface area contributed by atoms with E-state index < -0.39 is 10.7 Å². The van der Waals surface area contributed by atoms with Crippen LogP contribution in [0.25, 0.3) is 0 Å². The highest BCUT2D eigenvalue weighted by molar-refractivity contribution is 5.62. The second-order valence-electron chi connectivity index (χ2n) is 3.04. The number of nitro groups is 1. The second kappa shape index (κ2) is 4.70. The topological polar surface area (TPSA) is 66.6 Å². The molecular weight excluding hydrogens is 203 g/mol. The molecule has 0 aliphatic rings. The highest BCUT2D eigenvalue weighted by Crippen LogP contribution is 2.27. The predicted molar refractivity (Wildman–Crippen MR) is 53.4 cm³/mol. The van der Waals surface area contributed by atoms with E-state index in [0.29, 0.717) is 0 Å². The first-order chi connectivity index (χ1) is 7.06. The van der Waals surface area contributed by atoms with Gasteiger partial charge in [0.05, 0.1) is 11.5 Å². The minimum absolute atomic E-state index is 0.149. The number of nitro benzene ring substituents is 1. The zero-order valence-corrected chi connectivity index (χ0v) is 8.18. The summed E-state index contributed by atoms with van der Waals surface area (Å²) in [7, 11) is 1.55. The van der Waals surface area contributed by atoms with Gasteiger partial charge in [0.1, 0.15) is 11.5 Å². The van der Waals surface area contributed by atoms with Crippen LogP contribution in [0.15, 0.2) is 18.2 Å². The Morgan fingerprint density at radius 3 is 2.80 bits per heavy atom. The normalized spacial score (nSPS) is 10.1. The fraction of sp³-hybridized carbons (Fsp3) is 0.333. The van der Waals surface area contributed by atoms with Gasteiger partial charge in [-0.1, -0.05) is 0 Å². The van der Waals surface area contributed by atoms with Crippen LogP contribution in [-0.4, -0.2) is 30.2 Å². The van der Waals surface area contributed by atoms with Crippen LogP contribution in [0.4, 0.5) is 15.8 Å². The van der Waals surface area contributed by atoms with Crippen LogP contribution in [0.2, 0.25) is 0 Å². The van der Waals surface area contributed by atoms with Gasteiger partial charge in [-0.05, 0) is 6.07 Å². The van der Waals surface area contributed by atoms with Crippen LogP contribution in [0.3, 0.4) is 0 Å². The van der Waals surface area contributed by atoms with Gasteiger partial charge in [-0.15, -0.1) is 0 Å². The van der Waals surface area contributed by atoms with Gasteiger partial charge < -0.3 is 10.0 Å². The number of nitrogens with zero attached hydrogens (tertiary/aromatic N) is 2. The van der Waals surface area contributed by atoms with Crippen molar-refractivity contribution in [2.24, 2.45) is 0 Å². The Morgan fingerprint density at radius 2 is 2.27 bits per heavy atom. The molecule has 1 aromatic carbocycles. The van der Waals surface area contributed by atoms with Crippen LogP contribution < -0.4 is 4.90 Å². The molecule has 5 nitrogen and oxygen atoms in total. The molecule has 1 aromatic rings. The maximum atomic E-state index is 12.9. The zero-order valence-electron chi connectivity index (χ0n) is 8.18. The van der Waals surface area contributed by atoms with E-state index in [9.17, 15) is 14.5 Å². The molecule has 0 aliphatic heterocycles. The van der Waals surface area contributed by atoms with Crippen molar-refractivity contribution in [3.05, 3.63) is 34.1 Å². The van der Waals surface area contributed by atoms with Crippen molar-refractivity contribution in [1.82, 2.24) is 0 Å². The van der Waals surface area contributed by atoms with E-state index in [2.05, 4.69) is 0 Å². The Morgan fingerprint density at radius 1 is 1.60 bits per heavy atom. The van der Waals surface area contributed by atoms with Crippen LogP contribution in [0, 0.1) is 15.9 Å². The number of aliphatic hydroxyl groups excluding tert-OH is 1. The van der Waals surface area contributed by atoms with Gasteiger partial charge in [-0.3, -0.25) is 10.1 Å². The average Bonchev–Trinajstić information content (AvgIpc) is 2.17. The summed E-state index contributed by atoms with van der Waals surface area (Å²) in [4.78, 5) is 11.5. The van der Waals surface area contributed by atoms with E-state index in [4.69, 9.17) is 5.11 Å². The van der Waals surface area contributed by atoms with Gasteiger partial charge in [0.15, 0.2) is 0 Å². The highest BCUT2D eigenvalue weighted by Gasteiger charge is 2.17. The fourth-order valence-electron chi connectivity index (χ4n) is 1.23. The monoisotopic (exact) mass is 214 g/mol. The van der Waals surface area contributed by atoms with E-state index in [-0.39, 0.29) is 24.5 Å². The molecular formula is C9H11FN2O3. The molecule has 0 aromatic heterocycles. The van der Waals surface area contributed by atoms with Crippen molar-refractivity contribution >= 4 is 11.4 Å². The number of hydrogen-bond acceptors (Lipinski definition) is 4. The van der Waals surface area contributed by atoms with Crippen molar-refractivity contribution in [2.45, 2.75) is 0 Å². The van der Waals surface area contributed by atoms with E-state index >= 15 is 0 Å². The summed E-state index contributed by atoms with van der Waals surface area (Å²) in [6.07, 6.45) is 0. The van der Waals surface area contributed by atoms with Crippen LogP contribution in [-0.2, 0) is 0 Å². The third kappa shape index (κ3) is 2.63. The molecule has 0 amide bonds. The summed E-state index contributed by atoms with van der Waals surface area (Å²) >= 11 is 0. The lowest BCUT2D eigenvalue weighted by atomic mass is 10.2. The summed E-state index contributed by atoms with van der Waals surface area (Å²) in [6, 6.07) is 3.22. The molecule has 0 saturated carbocycles. The minimum Gasteiger partial charge on any atom is -0.395 e. The summed E-state index contributed by atoms with van der Waals surface area (Å²) < 4.78 is 12.9. The van der Waals surface area contributed by atoms with Crippen LogP contribution in [0.5, 0.6) is 0 Å². The van der Waals surface area contributed by atoms with Crippen molar-refractivity contribution in [3.63, 3.8) is 0 Å². The number of hydrogen-bond donors (Lipinski definition) is 1. The quantitative estimate of drug-likeness (QED) is 0.603. The summed E-state index contributed by atoms with van der Waals surface area (Å²) in [5.41, 5.74) is -0.0126. The van der Waals surface area contributed by atoms with Crippen molar-refractivity contribution in [2.75, 3.05) is 25.1 Å². The Balaban J connectivity index is 3.12. The Hall–Kier alpha value is -1.69. The molecule has 1 N–H and O–H groups in total. The van der Waals surface area contributed by atoms with E-state index in [0.717, 1.165) is 18.2 Å². The van der Waals surface area contributed by atoms with Gasteiger partial charge in [0.25, 0.3) is 5.69 Å². The molecule has 82 valence electrons. The van der Waals surface area contributed by atoms with Crippen molar-refractivity contribution < 1.29 is 14.4 Å². The molecule has 0 unspecified atom stereocenters. The third-order valence-electron chi connectivity index (χ3n) is 1.98. The van der Waals surface area contributed by atoms with Gasteiger partial charge in [-0.2, -0.15) is 0 Å². The molecule has 1 rings (SSSR count). The number of anilines is 1. The Kier molecular flexibility index (Phi) is 3.56. The first-order valence-corrected chi connectivity index (χ1v) is 4.32. The van der Waals surface area contributed by atoms with E-state index in [1.807, 2.05) is 0 Å². The first-order valence-electron chi connectivity index (χ1n) is 4.32. The number of rotatable bonds is 4. The number of aliphatic hydroxyl groups is 1. The van der Waals surface area contributed by atoms with Gasteiger partial charge in [-0.25, -0.2) is 4.39 Å². The van der Waals surface area contributed by atoms with Gasteiger partial charge >= 0.3 is 0 Å². The average molecular weight is 214 g/mol. The Bertz CT molecular complexity index is 370. The molecule has 0 radical (unpaired) electrons. The smallest absolute Gasteiger partial charge is 0.292 e. The molecule has 0 heterocycles. The lowest BCUT2D eigenvalue weighted by Gasteiger charge is -2.17. The van der Waals surface area contributed by atoms with Gasteiger partial charge in [0.2, 0.25) is 0 Å². The molecule has 15 heavy (non-hydrogen) atoms. The van der Waals surface area contributed by atoms with E-state index in [1.165, 1.54) is 4.90 Å². The first kappa shape index (κ1) is 11.4. The lowest BCUT2D eigenvalue weighted by molar-refractivity contribution is -0.384. The number of benzene rings is 1. The highest BCUT2D eigenvalue weighted by atomic mass is 19.1. The van der Waals surface area contributed by atoms with Crippen LogP contribution in [0.1, 0.15) is 0 Å². The fourth-order valence-corrected chi connectivity index (χ4v) is 1.23. The Labute approximate surface area is 85.9 Å². The molecule has 6 heteroatoms. The summed E-state index contributed by atoms with van der Waals surface area (Å²) in [6.45, 7) is 0.0639. The zero-order chi connectivity index (χ0) is 11.4. The third-order valence-corrected chi connectivity index (χ3v) is 1.98. The molecule has 0 spiro atoms. The molecule has 0 bridgehead atoms. The molecule has 0 aliphatic carbocycles. The summed E-state index contributed by atoms with van der Waals surface area (Å²) in [5.74, 6) is -0.541. The minimum atomic E-state index is -0.581. The molecule has 0 atom stereocenters. The lowest BCUT2D eigenvalue weighted by Crippen LogP contribution is -2.22.